The summed E-state index contributed by atoms with van der Waals surface area (Å²) >= 11 is 5.91. The Morgan fingerprint density at radius 2 is 1.87 bits per heavy atom. The van der Waals surface area contributed by atoms with E-state index in [-0.39, 0.29) is 5.75 Å². The standard InChI is InChI=1S/C13H11ClO/c1-9-5-6-13(15)12(7-9)10-3-2-4-11(14)8-10/h2-8,15H,1H3. The average molecular weight is 219 g/mol. The molecule has 15 heavy (non-hydrogen) atoms. The van der Waals surface area contributed by atoms with E-state index in [4.69, 9.17) is 11.6 Å². The number of aromatic hydroxyl groups is 1. The summed E-state index contributed by atoms with van der Waals surface area (Å²) in [4.78, 5) is 0. The predicted octanol–water partition coefficient (Wildman–Crippen LogP) is 4.02. The number of aryl methyl sites for hydroxylation is 1. The summed E-state index contributed by atoms with van der Waals surface area (Å²) in [5.74, 6) is 0.280. The molecular weight excluding hydrogens is 208 g/mol. The van der Waals surface area contributed by atoms with Crippen molar-refractivity contribution in [1.82, 2.24) is 0 Å². The van der Waals surface area contributed by atoms with E-state index in [1.807, 2.05) is 43.3 Å². The van der Waals surface area contributed by atoms with Crippen LogP contribution in [0.5, 0.6) is 5.75 Å². The van der Waals surface area contributed by atoms with Gasteiger partial charge in [-0.05, 0) is 36.8 Å². The first-order valence-corrected chi connectivity index (χ1v) is 5.10. The molecule has 2 heteroatoms. The number of phenols is 1. The molecule has 76 valence electrons. The van der Waals surface area contributed by atoms with Crippen LogP contribution in [0.15, 0.2) is 42.5 Å². The van der Waals surface area contributed by atoms with Gasteiger partial charge >= 0.3 is 0 Å². The van der Waals surface area contributed by atoms with Gasteiger partial charge < -0.3 is 5.11 Å². The van der Waals surface area contributed by atoms with Crippen molar-refractivity contribution in [2.75, 3.05) is 0 Å². The van der Waals surface area contributed by atoms with Crippen LogP contribution in [0.2, 0.25) is 5.02 Å². The van der Waals surface area contributed by atoms with Gasteiger partial charge in [0, 0.05) is 10.6 Å². The van der Waals surface area contributed by atoms with E-state index in [1.54, 1.807) is 6.07 Å². The van der Waals surface area contributed by atoms with Gasteiger partial charge in [-0.25, -0.2) is 0 Å². The van der Waals surface area contributed by atoms with Gasteiger partial charge in [0.25, 0.3) is 0 Å². The smallest absolute Gasteiger partial charge is 0.123 e. The summed E-state index contributed by atoms with van der Waals surface area (Å²) in [6, 6.07) is 13.0. The third-order valence-electron chi connectivity index (χ3n) is 2.29. The van der Waals surface area contributed by atoms with Crippen LogP contribution in [0.25, 0.3) is 11.1 Å². The first-order valence-electron chi connectivity index (χ1n) is 4.72. The molecule has 0 atom stereocenters. The van der Waals surface area contributed by atoms with E-state index in [0.717, 1.165) is 16.7 Å². The van der Waals surface area contributed by atoms with Crippen LogP contribution >= 0.6 is 11.6 Å². The first kappa shape index (κ1) is 10.1. The van der Waals surface area contributed by atoms with Crippen molar-refractivity contribution in [3.8, 4) is 16.9 Å². The highest BCUT2D eigenvalue weighted by molar-refractivity contribution is 6.30. The summed E-state index contributed by atoms with van der Waals surface area (Å²) in [5.41, 5.74) is 2.86. The third-order valence-corrected chi connectivity index (χ3v) is 2.52. The minimum absolute atomic E-state index is 0.280. The van der Waals surface area contributed by atoms with Crippen LogP contribution in [0.1, 0.15) is 5.56 Å². The maximum atomic E-state index is 9.74. The Bertz CT molecular complexity index is 492. The second kappa shape index (κ2) is 3.95. The van der Waals surface area contributed by atoms with Gasteiger partial charge in [-0.15, -0.1) is 0 Å². The fourth-order valence-electron chi connectivity index (χ4n) is 1.54. The molecule has 0 radical (unpaired) electrons. The number of halogens is 1. The van der Waals surface area contributed by atoms with Gasteiger partial charge in [-0.3, -0.25) is 0 Å². The van der Waals surface area contributed by atoms with Gasteiger partial charge in [0.05, 0.1) is 0 Å². The van der Waals surface area contributed by atoms with E-state index in [2.05, 4.69) is 0 Å². The number of benzene rings is 2. The number of phenolic OH excluding ortho intramolecular Hbond substituents is 1. The summed E-state index contributed by atoms with van der Waals surface area (Å²) in [7, 11) is 0. The molecule has 0 aromatic heterocycles. The SMILES string of the molecule is Cc1ccc(O)c(-c2cccc(Cl)c2)c1. The summed E-state index contributed by atoms with van der Waals surface area (Å²) in [5, 5.41) is 10.4. The van der Waals surface area contributed by atoms with Crippen LogP contribution < -0.4 is 0 Å². The molecular formula is C13H11ClO. The number of hydrogen-bond donors (Lipinski definition) is 1. The molecule has 2 aromatic carbocycles. The quantitative estimate of drug-likeness (QED) is 0.767. The van der Waals surface area contributed by atoms with Gasteiger partial charge in [0.15, 0.2) is 0 Å². The lowest BCUT2D eigenvalue weighted by atomic mass is 10.0. The van der Waals surface area contributed by atoms with E-state index in [9.17, 15) is 5.11 Å². The zero-order valence-electron chi connectivity index (χ0n) is 8.37. The maximum Gasteiger partial charge on any atom is 0.123 e. The Morgan fingerprint density at radius 3 is 2.60 bits per heavy atom. The third kappa shape index (κ3) is 2.13. The van der Waals surface area contributed by atoms with Crippen molar-refractivity contribution in [3.63, 3.8) is 0 Å². The van der Waals surface area contributed by atoms with Gasteiger partial charge in [-0.1, -0.05) is 35.4 Å². The Morgan fingerprint density at radius 1 is 1.07 bits per heavy atom. The van der Waals surface area contributed by atoms with E-state index >= 15 is 0 Å². The number of rotatable bonds is 1. The Hall–Kier alpha value is -1.47. The first-order chi connectivity index (χ1) is 7.16. The van der Waals surface area contributed by atoms with Gasteiger partial charge in [0.2, 0.25) is 0 Å². The fraction of sp³-hybridized carbons (Fsp3) is 0.0769. The van der Waals surface area contributed by atoms with Gasteiger partial charge in [-0.2, -0.15) is 0 Å². The fourth-order valence-corrected chi connectivity index (χ4v) is 1.73. The van der Waals surface area contributed by atoms with Crippen molar-refractivity contribution in [3.05, 3.63) is 53.1 Å². The molecule has 0 saturated carbocycles. The molecule has 2 aromatic rings. The van der Waals surface area contributed by atoms with E-state index in [1.165, 1.54) is 0 Å². The molecule has 1 N–H and O–H groups in total. The highest BCUT2D eigenvalue weighted by Crippen LogP contribution is 2.31. The molecule has 0 aliphatic carbocycles. The molecule has 0 unspecified atom stereocenters. The molecule has 0 bridgehead atoms. The zero-order chi connectivity index (χ0) is 10.8. The Balaban J connectivity index is 2.58. The Labute approximate surface area is 94.0 Å². The van der Waals surface area contributed by atoms with Crippen molar-refractivity contribution in [2.24, 2.45) is 0 Å². The van der Waals surface area contributed by atoms with Crippen LogP contribution in [0, 0.1) is 6.92 Å². The lowest BCUT2D eigenvalue weighted by Gasteiger charge is -2.06. The second-order valence-corrected chi connectivity index (χ2v) is 3.97. The summed E-state index contributed by atoms with van der Waals surface area (Å²) in [6.07, 6.45) is 0. The highest BCUT2D eigenvalue weighted by Gasteiger charge is 2.04. The molecule has 0 spiro atoms. The molecule has 2 rings (SSSR count). The highest BCUT2D eigenvalue weighted by atomic mass is 35.5. The second-order valence-electron chi connectivity index (χ2n) is 3.53. The predicted molar refractivity (Wildman–Crippen MR) is 63.3 cm³/mol. The maximum absolute atomic E-state index is 9.74. The minimum atomic E-state index is 0.280. The molecule has 1 nitrogen and oxygen atoms in total. The average Bonchev–Trinajstić information content (AvgIpc) is 2.22. The minimum Gasteiger partial charge on any atom is -0.507 e. The molecule has 0 aliphatic rings. The Kier molecular flexibility index (Phi) is 2.65. The topological polar surface area (TPSA) is 20.2 Å². The molecule has 0 aliphatic heterocycles. The lowest BCUT2D eigenvalue weighted by Crippen LogP contribution is -1.81. The van der Waals surface area contributed by atoms with Crippen LogP contribution in [-0.2, 0) is 0 Å². The van der Waals surface area contributed by atoms with Crippen LogP contribution in [-0.4, -0.2) is 5.11 Å². The van der Waals surface area contributed by atoms with E-state index in [0.29, 0.717) is 5.02 Å². The van der Waals surface area contributed by atoms with E-state index < -0.39 is 0 Å². The lowest BCUT2D eigenvalue weighted by molar-refractivity contribution is 0.477. The normalized spacial score (nSPS) is 10.3. The summed E-state index contributed by atoms with van der Waals surface area (Å²) in [6.45, 7) is 1.99. The van der Waals surface area contributed by atoms with Crippen LogP contribution in [0.4, 0.5) is 0 Å². The number of hydrogen-bond acceptors (Lipinski definition) is 1. The molecule has 0 saturated heterocycles. The van der Waals surface area contributed by atoms with Crippen molar-refractivity contribution >= 4 is 11.6 Å². The zero-order valence-corrected chi connectivity index (χ0v) is 9.12. The summed E-state index contributed by atoms with van der Waals surface area (Å²) < 4.78 is 0. The largest absolute Gasteiger partial charge is 0.507 e. The molecule has 0 amide bonds. The van der Waals surface area contributed by atoms with Crippen molar-refractivity contribution in [1.29, 1.82) is 0 Å². The van der Waals surface area contributed by atoms with Crippen LogP contribution in [0.3, 0.4) is 0 Å². The van der Waals surface area contributed by atoms with Gasteiger partial charge in [0.1, 0.15) is 5.75 Å². The monoisotopic (exact) mass is 218 g/mol. The van der Waals surface area contributed by atoms with Crippen molar-refractivity contribution in [2.45, 2.75) is 6.92 Å². The molecule has 0 fully saturated rings. The van der Waals surface area contributed by atoms with Crippen molar-refractivity contribution < 1.29 is 5.11 Å². The molecule has 0 heterocycles.